The Bertz CT molecular complexity index is 1220. The van der Waals surface area contributed by atoms with Crippen LogP contribution in [-0.4, -0.2) is 29.8 Å². The van der Waals surface area contributed by atoms with Crippen LogP contribution in [0.25, 0.3) is 11.1 Å². The molecule has 37 heavy (non-hydrogen) atoms. The van der Waals surface area contributed by atoms with Gasteiger partial charge in [-0.15, -0.1) is 0 Å². The molecule has 2 fully saturated rings. The monoisotopic (exact) mass is 500 g/mol. The van der Waals surface area contributed by atoms with Crippen molar-refractivity contribution < 1.29 is 4.39 Å². The first kappa shape index (κ1) is 24.0. The molecule has 0 bridgehead atoms. The normalized spacial score (nSPS) is 21.5. The highest BCUT2D eigenvalue weighted by molar-refractivity contribution is 5.86. The summed E-state index contributed by atoms with van der Waals surface area (Å²) < 4.78 is 13.6. The SMILES string of the molecule is NC1CCC(Nc2cc(NCc3ccc(-c4cccc(F)c4)cc3)c3c(n2)N(C2CCCC2)CN3)CC1. The molecule has 5 N–H and O–H groups in total. The van der Waals surface area contributed by atoms with Gasteiger partial charge in [-0.3, -0.25) is 0 Å². The average molecular weight is 501 g/mol. The molecule has 3 aliphatic rings. The van der Waals surface area contributed by atoms with E-state index in [-0.39, 0.29) is 5.82 Å². The zero-order chi connectivity index (χ0) is 25.2. The van der Waals surface area contributed by atoms with Crippen LogP contribution < -0.4 is 26.6 Å². The van der Waals surface area contributed by atoms with Gasteiger partial charge in [-0.2, -0.15) is 0 Å². The van der Waals surface area contributed by atoms with Crippen molar-refractivity contribution in [1.82, 2.24) is 4.98 Å². The van der Waals surface area contributed by atoms with Crippen LogP contribution >= 0.6 is 0 Å². The lowest BCUT2D eigenvalue weighted by molar-refractivity contribution is 0.410. The van der Waals surface area contributed by atoms with Gasteiger partial charge in [0.25, 0.3) is 0 Å². The maximum absolute atomic E-state index is 13.6. The van der Waals surface area contributed by atoms with Crippen molar-refractivity contribution in [2.45, 2.75) is 76.0 Å². The number of halogens is 1. The largest absolute Gasteiger partial charge is 0.379 e. The fraction of sp³-hybridized carbons (Fsp3) is 0.433. The summed E-state index contributed by atoms with van der Waals surface area (Å²) in [6, 6.07) is 18.5. The van der Waals surface area contributed by atoms with Crippen molar-refractivity contribution in [3.8, 4) is 11.1 Å². The molecular weight excluding hydrogens is 463 g/mol. The number of aromatic nitrogens is 1. The Balaban J connectivity index is 1.21. The van der Waals surface area contributed by atoms with E-state index < -0.39 is 0 Å². The van der Waals surface area contributed by atoms with E-state index in [9.17, 15) is 4.39 Å². The Labute approximate surface area is 218 Å². The number of nitrogens with zero attached hydrogens (tertiary/aromatic N) is 2. The van der Waals surface area contributed by atoms with E-state index in [1.54, 1.807) is 12.1 Å². The number of rotatable bonds is 7. The van der Waals surface area contributed by atoms with Gasteiger partial charge in [-0.1, -0.05) is 49.2 Å². The van der Waals surface area contributed by atoms with Crippen molar-refractivity contribution in [2.75, 3.05) is 27.5 Å². The summed E-state index contributed by atoms with van der Waals surface area (Å²) in [6.07, 6.45) is 9.38. The number of anilines is 4. The van der Waals surface area contributed by atoms with E-state index in [0.29, 0.717) is 24.7 Å². The number of pyridine rings is 1. The Morgan fingerprint density at radius 1 is 0.946 bits per heavy atom. The van der Waals surface area contributed by atoms with Gasteiger partial charge < -0.3 is 26.6 Å². The molecule has 0 atom stereocenters. The highest BCUT2D eigenvalue weighted by Crippen LogP contribution is 2.42. The summed E-state index contributed by atoms with van der Waals surface area (Å²) in [4.78, 5) is 7.57. The first-order chi connectivity index (χ1) is 18.1. The maximum Gasteiger partial charge on any atom is 0.158 e. The minimum Gasteiger partial charge on any atom is -0.379 e. The van der Waals surface area contributed by atoms with Crippen LogP contribution in [0.4, 0.5) is 27.4 Å². The molecule has 3 aromatic rings. The summed E-state index contributed by atoms with van der Waals surface area (Å²) in [5, 5.41) is 11.0. The van der Waals surface area contributed by atoms with Gasteiger partial charge in [0.2, 0.25) is 0 Å². The van der Waals surface area contributed by atoms with Gasteiger partial charge in [0.1, 0.15) is 17.3 Å². The van der Waals surface area contributed by atoms with Crippen molar-refractivity contribution in [2.24, 2.45) is 5.73 Å². The third-order valence-electron chi connectivity index (χ3n) is 8.18. The topological polar surface area (TPSA) is 78.2 Å². The lowest BCUT2D eigenvalue weighted by Crippen LogP contribution is -2.34. The molecule has 1 aromatic heterocycles. The molecule has 0 radical (unpaired) electrons. The third kappa shape index (κ3) is 5.37. The van der Waals surface area contributed by atoms with Crippen LogP contribution in [0.3, 0.4) is 0 Å². The first-order valence-electron chi connectivity index (χ1n) is 13.8. The molecule has 1 aliphatic heterocycles. The Kier molecular flexibility index (Phi) is 6.87. The van der Waals surface area contributed by atoms with Gasteiger partial charge >= 0.3 is 0 Å². The molecule has 194 valence electrons. The highest BCUT2D eigenvalue weighted by Gasteiger charge is 2.32. The maximum atomic E-state index is 13.6. The molecule has 2 heterocycles. The quantitative estimate of drug-likeness (QED) is 0.304. The molecule has 0 unspecified atom stereocenters. The lowest BCUT2D eigenvalue weighted by atomic mass is 9.92. The van der Waals surface area contributed by atoms with Crippen molar-refractivity contribution >= 4 is 23.0 Å². The van der Waals surface area contributed by atoms with Crippen molar-refractivity contribution in [3.63, 3.8) is 0 Å². The van der Waals surface area contributed by atoms with Crippen LogP contribution in [0, 0.1) is 5.82 Å². The summed E-state index contributed by atoms with van der Waals surface area (Å²) >= 11 is 0. The lowest BCUT2D eigenvalue weighted by Gasteiger charge is -2.28. The smallest absolute Gasteiger partial charge is 0.158 e. The first-order valence-corrected chi connectivity index (χ1v) is 13.8. The zero-order valence-corrected chi connectivity index (χ0v) is 21.3. The molecule has 0 saturated heterocycles. The molecule has 6 rings (SSSR count). The van der Waals surface area contributed by atoms with Gasteiger partial charge in [0.15, 0.2) is 5.82 Å². The predicted molar refractivity (Wildman–Crippen MR) is 150 cm³/mol. The van der Waals surface area contributed by atoms with Gasteiger partial charge in [0, 0.05) is 30.7 Å². The molecule has 2 saturated carbocycles. The molecule has 0 spiro atoms. The molecule has 2 aliphatic carbocycles. The predicted octanol–water partition coefficient (Wildman–Crippen LogP) is 6.31. The molecule has 2 aromatic carbocycles. The third-order valence-corrected chi connectivity index (χ3v) is 8.18. The summed E-state index contributed by atoms with van der Waals surface area (Å²) in [6.45, 7) is 1.51. The number of nitrogens with one attached hydrogen (secondary N) is 3. The van der Waals surface area contributed by atoms with E-state index in [0.717, 1.165) is 66.5 Å². The number of benzene rings is 2. The van der Waals surface area contributed by atoms with Crippen LogP contribution in [0.2, 0.25) is 0 Å². The second-order valence-corrected chi connectivity index (χ2v) is 10.8. The fourth-order valence-corrected chi connectivity index (χ4v) is 6.04. The van der Waals surface area contributed by atoms with Crippen LogP contribution in [0.5, 0.6) is 0 Å². The van der Waals surface area contributed by atoms with Gasteiger partial charge in [0.05, 0.1) is 12.4 Å². The Hall–Kier alpha value is -3.32. The minimum atomic E-state index is -0.214. The molecule has 6 nitrogen and oxygen atoms in total. The molecule has 0 amide bonds. The number of hydrogen-bond donors (Lipinski definition) is 4. The summed E-state index contributed by atoms with van der Waals surface area (Å²) in [5.41, 5.74) is 11.4. The van der Waals surface area contributed by atoms with E-state index in [2.05, 4.69) is 51.2 Å². The van der Waals surface area contributed by atoms with Crippen molar-refractivity contribution in [3.05, 3.63) is 66.0 Å². The summed E-state index contributed by atoms with van der Waals surface area (Å²) in [5.74, 6) is 1.79. The van der Waals surface area contributed by atoms with E-state index >= 15 is 0 Å². The Morgan fingerprint density at radius 2 is 1.73 bits per heavy atom. The molecular formula is C30H37FN6. The minimum absolute atomic E-state index is 0.214. The van der Waals surface area contributed by atoms with Crippen LogP contribution in [0.1, 0.15) is 56.9 Å². The average Bonchev–Trinajstić information content (AvgIpc) is 3.59. The van der Waals surface area contributed by atoms with Crippen molar-refractivity contribution in [1.29, 1.82) is 0 Å². The van der Waals surface area contributed by atoms with Crippen LogP contribution in [0.15, 0.2) is 54.6 Å². The van der Waals surface area contributed by atoms with E-state index in [1.165, 1.54) is 37.3 Å². The zero-order valence-electron chi connectivity index (χ0n) is 21.3. The van der Waals surface area contributed by atoms with Gasteiger partial charge in [-0.05, 0) is 67.3 Å². The van der Waals surface area contributed by atoms with Crippen LogP contribution in [-0.2, 0) is 6.54 Å². The van der Waals surface area contributed by atoms with E-state index in [1.807, 2.05) is 6.07 Å². The number of nitrogens with two attached hydrogens (primary N) is 1. The Morgan fingerprint density at radius 3 is 2.49 bits per heavy atom. The number of fused-ring (bicyclic) bond motifs is 1. The number of hydrogen-bond acceptors (Lipinski definition) is 6. The standard InChI is InChI=1S/C30H37FN6/c31-23-5-3-4-22(16-23)21-10-8-20(9-11-21)18-33-27-17-28(35-25-14-12-24(32)13-15-25)36-30-29(27)34-19-37(30)26-6-1-2-7-26/h3-5,8-11,16-17,24-26,34H,1-2,6-7,12-15,18-19,32H2,(H2,33,35,36). The van der Waals surface area contributed by atoms with E-state index in [4.69, 9.17) is 10.7 Å². The molecule has 7 heteroatoms. The summed E-state index contributed by atoms with van der Waals surface area (Å²) in [7, 11) is 0. The second kappa shape index (κ2) is 10.6. The van der Waals surface area contributed by atoms with Gasteiger partial charge in [-0.25, -0.2) is 9.37 Å². The highest BCUT2D eigenvalue weighted by atomic mass is 19.1. The fourth-order valence-electron chi connectivity index (χ4n) is 6.04. The second-order valence-electron chi connectivity index (χ2n) is 10.8.